The van der Waals surface area contributed by atoms with Gasteiger partial charge in [0.05, 0.1) is 0 Å². The molecule has 0 aromatic carbocycles. The highest BCUT2D eigenvalue weighted by Gasteiger charge is 2.22. The van der Waals surface area contributed by atoms with Crippen LogP contribution in [0.3, 0.4) is 0 Å². The summed E-state index contributed by atoms with van der Waals surface area (Å²) in [6.45, 7) is 12.5. The summed E-state index contributed by atoms with van der Waals surface area (Å²) in [6.07, 6.45) is 1.45. The molecule has 0 aromatic rings. The summed E-state index contributed by atoms with van der Waals surface area (Å²) in [5.41, 5.74) is 0. The zero-order valence-corrected chi connectivity index (χ0v) is 9.83. The first-order valence-electron chi connectivity index (χ1n) is 5.22. The molecule has 0 N–H and O–H groups in total. The Kier molecular flexibility index (Phi) is 6.43. The van der Waals surface area contributed by atoms with Gasteiger partial charge in [-0.15, -0.1) is 0 Å². The van der Waals surface area contributed by atoms with Gasteiger partial charge < -0.3 is 9.31 Å². The molecule has 0 bridgehead atoms. The zero-order valence-electron chi connectivity index (χ0n) is 9.83. The van der Waals surface area contributed by atoms with Crippen LogP contribution in [0.5, 0.6) is 0 Å². The number of rotatable bonds is 6. The van der Waals surface area contributed by atoms with Gasteiger partial charge in [0.15, 0.2) is 0 Å². The maximum Gasteiger partial charge on any atom is 0.457 e. The minimum atomic E-state index is -0.0417. The summed E-state index contributed by atoms with van der Waals surface area (Å²) in [5, 5.41) is 0. The highest BCUT2D eigenvalue weighted by molar-refractivity contribution is 6.44. The van der Waals surface area contributed by atoms with Crippen LogP contribution in [0.1, 0.15) is 41.5 Å². The first kappa shape index (κ1) is 13.0. The molecule has 0 saturated carbocycles. The van der Waals surface area contributed by atoms with E-state index in [0.29, 0.717) is 5.92 Å². The molecular weight excluding hydrogens is 163 g/mol. The molecule has 0 amide bonds. The van der Waals surface area contributed by atoms with E-state index in [4.69, 9.17) is 9.31 Å². The van der Waals surface area contributed by atoms with Crippen molar-refractivity contribution in [2.45, 2.75) is 60.1 Å². The molecule has 78 valence electrons. The van der Waals surface area contributed by atoms with Gasteiger partial charge in [-0.3, -0.25) is 0 Å². The molecule has 0 aliphatic heterocycles. The minimum absolute atomic E-state index is 0.0417. The molecule has 0 fully saturated rings. The molecule has 3 heteroatoms. The molecule has 0 spiro atoms. The average molecular weight is 186 g/mol. The molecule has 0 radical (unpaired) electrons. The van der Waals surface area contributed by atoms with Crippen molar-refractivity contribution in [1.82, 2.24) is 0 Å². The van der Waals surface area contributed by atoms with E-state index in [1.54, 1.807) is 0 Å². The van der Waals surface area contributed by atoms with Crippen molar-refractivity contribution in [3.63, 3.8) is 0 Å². The summed E-state index contributed by atoms with van der Waals surface area (Å²) in [7, 11) is -0.0417. The Morgan fingerprint density at radius 2 is 1.23 bits per heavy atom. The van der Waals surface area contributed by atoms with Crippen molar-refractivity contribution in [2.75, 3.05) is 0 Å². The monoisotopic (exact) mass is 186 g/mol. The predicted octanol–water partition coefficient (Wildman–Crippen LogP) is 2.98. The van der Waals surface area contributed by atoms with Gasteiger partial charge in [-0.05, 0) is 39.9 Å². The largest absolute Gasteiger partial charge is 0.457 e. The molecule has 0 unspecified atom stereocenters. The van der Waals surface area contributed by atoms with Crippen LogP contribution in [0.2, 0.25) is 6.32 Å². The van der Waals surface area contributed by atoms with Crippen LogP contribution in [0, 0.1) is 5.92 Å². The Hall–Kier alpha value is -0.0151. The first-order valence-corrected chi connectivity index (χ1v) is 5.22. The third-order valence-electron chi connectivity index (χ3n) is 1.51. The average Bonchev–Trinajstić information content (AvgIpc) is 1.80. The van der Waals surface area contributed by atoms with Crippen LogP contribution in [0.4, 0.5) is 0 Å². The van der Waals surface area contributed by atoms with Crippen molar-refractivity contribution in [3.05, 3.63) is 0 Å². The Morgan fingerprint density at radius 3 is 1.46 bits per heavy atom. The van der Waals surface area contributed by atoms with Gasteiger partial charge in [0, 0.05) is 12.2 Å². The van der Waals surface area contributed by atoms with E-state index in [1.807, 2.05) is 27.7 Å². The van der Waals surface area contributed by atoms with Gasteiger partial charge >= 0.3 is 7.12 Å². The minimum Gasteiger partial charge on any atom is -0.409 e. The van der Waals surface area contributed by atoms with Crippen LogP contribution in [0.25, 0.3) is 0 Å². The van der Waals surface area contributed by atoms with Crippen molar-refractivity contribution < 1.29 is 9.31 Å². The molecule has 0 atom stereocenters. The second-order valence-corrected chi connectivity index (χ2v) is 4.43. The van der Waals surface area contributed by atoms with Gasteiger partial charge in [-0.1, -0.05) is 13.8 Å². The van der Waals surface area contributed by atoms with E-state index >= 15 is 0 Å². The Morgan fingerprint density at radius 1 is 0.846 bits per heavy atom. The topological polar surface area (TPSA) is 18.5 Å². The number of hydrogen-bond acceptors (Lipinski definition) is 2. The summed E-state index contributed by atoms with van der Waals surface area (Å²) in [5.74, 6) is 0.613. The Labute approximate surface area is 83.1 Å². The SMILES string of the molecule is CC(C)CB(OC(C)C)OC(C)C. The standard InChI is InChI=1S/C10H23BO2/c1-8(2)7-11(12-9(3)4)13-10(5)6/h8-10H,7H2,1-6H3. The maximum atomic E-state index is 5.65. The molecule has 0 aliphatic carbocycles. The molecule has 0 aliphatic rings. The van der Waals surface area contributed by atoms with Crippen LogP contribution < -0.4 is 0 Å². The highest BCUT2D eigenvalue weighted by atomic mass is 16.6. The lowest BCUT2D eigenvalue weighted by Crippen LogP contribution is -2.30. The Bertz CT molecular complexity index is 100. The van der Waals surface area contributed by atoms with Gasteiger partial charge in [0.1, 0.15) is 0 Å². The van der Waals surface area contributed by atoms with Crippen LogP contribution in [0.15, 0.2) is 0 Å². The second-order valence-electron chi connectivity index (χ2n) is 4.43. The first-order chi connectivity index (χ1) is 5.91. The smallest absolute Gasteiger partial charge is 0.409 e. The summed E-state index contributed by atoms with van der Waals surface area (Å²) in [4.78, 5) is 0. The van der Waals surface area contributed by atoms with Crippen LogP contribution in [-0.2, 0) is 9.31 Å². The second kappa shape index (κ2) is 6.44. The van der Waals surface area contributed by atoms with Crippen LogP contribution in [-0.4, -0.2) is 19.3 Å². The van der Waals surface area contributed by atoms with E-state index in [9.17, 15) is 0 Å². The molecular formula is C10H23BO2. The molecule has 13 heavy (non-hydrogen) atoms. The molecule has 0 aromatic heterocycles. The van der Waals surface area contributed by atoms with Gasteiger partial charge in [0.2, 0.25) is 0 Å². The molecule has 2 nitrogen and oxygen atoms in total. The Balaban J connectivity index is 3.87. The van der Waals surface area contributed by atoms with Crippen molar-refractivity contribution >= 4 is 7.12 Å². The maximum absolute atomic E-state index is 5.65. The molecule has 0 saturated heterocycles. The molecule has 0 heterocycles. The van der Waals surface area contributed by atoms with E-state index in [-0.39, 0.29) is 19.3 Å². The van der Waals surface area contributed by atoms with Gasteiger partial charge in [0.25, 0.3) is 0 Å². The van der Waals surface area contributed by atoms with E-state index in [1.165, 1.54) is 0 Å². The third kappa shape index (κ3) is 8.32. The van der Waals surface area contributed by atoms with Crippen molar-refractivity contribution in [2.24, 2.45) is 5.92 Å². The third-order valence-corrected chi connectivity index (χ3v) is 1.51. The molecule has 0 rings (SSSR count). The lowest BCUT2D eigenvalue weighted by atomic mass is 9.78. The van der Waals surface area contributed by atoms with Gasteiger partial charge in [-0.25, -0.2) is 0 Å². The quantitative estimate of drug-likeness (QED) is 0.593. The normalized spacial score (nSPS) is 11.8. The van der Waals surface area contributed by atoms with E-state index < -0.39 is 0 Å². The number of hydrogen-bond donors (Lipinski definition) is 0. The van der Waals surface area contributed by atoms with Crippen molar-refractivity contribution in [1.29, 1.82) is 0 Å². The van der Waals surface area contributed by atoms with Gasteiger partial charge in [-0.2, -0.15) is 0 Å². The lowest BCUT2D eigenvalue weighted by Gasteiger charge is -2.20. The highest BCUT2D eigenvalue weighted by Crippen LogP contribution is 2.11. The summed E-state index contributed by atoms with van der Waals surface area (Å²) in [6, 6.07) is 0. The summed E-state index contributed by atoms with van der Waals surface area (Å²) < 4.78 is 11.3. The zero-order chi connectivity index (χ0) is 10.4. The summed E-state index contributed by atoms with van der Waals surface area (Å²) >= 11 is 0. The van der Waals surface area contributed by atoms with Crippen LogP contribution >= 0.6 is 0 Å². The lowest BCUT2D eigenvalue weighted by molar-refractivity contribution is 0.127. The fourth-order valence-electron chi connectivity index (χ4n) is 1.14. The van der Waals surface area contributed by atoms with E-state index in [2.05, 4.69) is 13.8 Å². The fraction of sp³-hybridized carbons (Fsp3) is 1.00. The predicted molar refractivity (Wildman–Crippen MR) is 57.8 cm³/mol. The fourth-order valence-corrected chi connectivity index (χ4v) is 1.14. The van der Waals surface area contributed by atoms with Crippen molar-refractivity contribution in [3.8, 4) is 0 Å². The van der Waals surface area contributed by atoms with E-state index in [0.717, 1.165) is 6.32 Å².